The molecule has 5 nitrogen and oxygen atoms in total. The molecule has 1 aliphatic rings. The summed E-state index contributed by atoms with van der Waals surface area (Å²) in [6.45, 7) is 6.63. The maximum atomic E-state index is 5.72. The highest BCUT2D eigenvalue weighted by Crippen LogP contribution is 2.22. The van der Waals surface area contributed by atoms with Gasteiger partial charge in [0.15, 0.2) is 5.58 Å². The van der Waals surface area contributed by atoms with E-state index >= 15 is 0 Å². The molecule has 1 unspecified atom stereocenters. The fraction of sp³-hybridized carbons (Fsp3) is 0.500. The molecule has 1 aromatic heterocycles. The molecule has 0 amide bonds. The van der Waals surface area contributed by atoms with Gasteiger partial charge in [0.25, 0.3) is 6.01 Å². The molecule has 3 rings (SSSR count). The fourth-order valence-electron chi connectivity index (χ4n) is 2.62. The largest absolute Gasteiger partial charge is 0.423 e. The minimum atomic E-state index is 0.593. The van der Waals surface area contributed by atoms with E-state index in [0.717, 1.165) is 30.7 Å². The fourth-order valence-corrected chi connectivity index (χ4v) is 2.62. The van der Waals surface area contributed by atoms with E-state index in [0.29, 0.717) is 17.6 Å². The number of anilines is 2. The summed E-state index contributed by atoms with van der Waals surface area (Å²) in [7, 11) is 0. The average Bonchev–Trinajstić information content (AvgIpc) is 3.01. The van der Waals surface area contributed by atoms with Gasteiger partial charge >= 0.3 is 0 Å². The number of benzene rings is 1. The number of likely N-dealkylation sites (tertiary alicyclic amines) is 1. The second-order valence-electron chi connectivity index (χ2n) is 5.18. The van der Waals surface area contributed by atoms with Crippen molar-refractivity contribution >= 4 is 22.8 Å². The Labute approximate surface area is 112 Å². The van der Waals surface area contributed by atoms with E-state index in [1.54, 1.807) is 0 Å². The van der Waals surface area contributed by atoms with E-state index in [1.807, 2.05) is 18.2 Å². The third kappa shape index (κ3) is 2.66. The van der Waals surface area contributed by atoms with Crippen molar-refractivity contribution < 1.29 is 4.42 Å². The standard InChI is InChI=1S/C14H20N4O/c1-2-18-6-5-10(9-18)8-16-14-17-12-4-3-11(15)7-13(12)19-14/h3-4,7,10H,2,5-6,8-9,15H2,1H3,(H,16,17). The molecule has 102 valence electrons. The van der Waals surface area contributed by atoms with Crippen molar-refractivity contribution in [2.75, 3.05) is 37.2 Å². The number of rotatable bonds is 4. The summed E-state index contributed by atoms with van der Waals surface area (Å²) in [6.07, 6.45) is 1.24. The van der Waals surface area contributed by atoms with E-state index in [2.05, 4.69) is 22.1 Å². The van der Waals surface area contributed by atoms with Crippen LogP contribution in [0, 0.1) is 5.92 Å². The molecule has 19 heavy (non-hydrogen) atoms. The number of nitrogens with two attached hydrogens (primary N) is 1. The molecule has 1 atom stereocenters. The van der Waals surface area contributed by atoms with Crippen LogP contribution in [0.2, 0.25) is 0 Å². The van der Waals surface area contributed by atoms with Gasteiger partial charge in [-0.25, -0.2) is 0 Å². The molecule has 1 saturated heterocycles. The van der Waals surface area contributed by atoms with Gasteiger partial charge in [-0.2, -0.15) is 4.98 Å². The first-order chi connectivity index (χ1) is 9.24. The highest BCUT2D eigenvalue weighted by molar-refractivity contribution is 5.78. The van der Waals surface area contributed by atoms with Crippen molar-refractivity contribution in [3.63, 3.8) is 0 Å². The molecule has 3 N–H and O–H groups in total. The third-order valence-corrected chi connectivity index (χ3v) is 3.77. The zero-order valence-corrected chi connectivity index (χ0v) is 11.2. The van der Waals surface area contributed by atoms with Crippen LogP contribution in [-0.4, -0.2) is 36.1 Å². The van der Waals surface area contributed by atoms with Crippen molar-refractivity contribution in [1.82, 2.24) is 9.88 Å². The van der Waals surface area contributed by atoms with Gasteiger partial charge in [0.1, 0.15) is 5.52 Å². The second kappa shape index (κ2) is 5.09. The predicted octanol–water partition coefficient (Wildman–Crippen LogP) is 2.16. The van der Waals surface area contributed by atoms with Gasteiger partial charge in [0.05, 0.1) is 0 Å². The first kappa shape index (κ1) is 12.3. The van der Waals surface area contributed by atoms with Crippen LogP contribution < -0.4 is 11.1 Å². The Bertz CT molecular complexity index is 566. The van der Waals surface area contributed by atoms with Gasteiger partial charge in [0, 0.05) is 24.8 Å². The molecule has 5 heteroatoms. The van der Waals surface area contributed by atoms with E-state index in [4.69, 9.17) is 10.2 Å². The van der Waals surface area contributed by atoms with Crippen LogP contribution >= 0.6 is 0 Å². The molecule has 0 saturated carbocycles. The predicted molar refractivity (Wildman–Crippen MR) is 77.1 cm³/mol. The number of aromatic nitrogens is 1. The molecule has 1 fully saturated rings. The number of nitrogens with zero attached hydrogens (tertiary/aromatic N) is 2. The Balaban J connectivity index is 1.62. The zero-order valence-electron chi connectivity index (χ0n) is 11.2. The Morgan fingerprint density at radius 3 is 3.21 bits per heavy atom. The highest BCUT2D eigenvalue weighted by Gasteiger charge is 2.21. The van der Waals surface area contributed by atoms with Crippen molar-refractivity contribution in [1.29, 1.82) is 0 Å². The monoisotopic (exact) mass is 260 g/mol. The van der Waals surface area contributed by atoms with Crippen LogP contribution in [0.4, 0.5) is 11.7 Å². The third-order valence-electron chi connectivity index (χ3n) is 3.77. The van der Waals surface area contributed by atoms with E-state index < -0.39 is 0 Å². The maximum absolute atomic E-state index is 5.72. The van der Waals surface area contributed by atoms with Crippen LogP contribution in [0.3, 0.4) is 0 Å². The molecular formula is C14H20N4O. The second-order valence-corrected chi connectivity index (χ2v) is 5.18. The van der Waals surface area contributed by atoms with Crippen molar-refractivity contribution in [3.05, 3.63) is 18.2 Å². The van der Waals surface area contributed by atoms with Crippen LogP contribution in [0.15, 0.2) is 22.6 Å². The maximum Gasteiger partial charge on any atom is 0.295 e. The first-order valence-electron chi connectivity index (χ1n) is 6.87. The first-order valence-corrected chi connectivity index (χ1v) is 6.87. The number of fused-ring (bicyclic) bond motifs is 1. The van der Waals surface area contributed by atoms with Gasteiger partial charge < -0.3 is 20.4 Å². The molecule has 2 heterocycles. The van der Waals surface area contributed by atoms with E-state index in [1.165, 1.54) is 13.0 Å². The summed E-state index contributed by atoms with van der Waals surface area (Å²) >= 11 is 0. The van der Waals surface area contributed by atoms with Crippen molar-refractivity contribution in [2.24, 2.45) is 5.92 Å². The van der Waals surface area contributed by atoms with Crippen LogP contribution in [-0.2, 0) is 0 Å². The van der Waals surface area contributed by atoms with Gasteiger partial charge in [-0.3, -0.25) is 0 Å². The van der Waals surface area contributed by atoms with Gasteiger partial charge in [-0.05, 0) is 37.6 Å². The zero-order chi connectivity index (χ0) is 13.2. The summed E-state index contributed by atoms with van der Waals surface area (Å²) < 4.78 is 5.65. The lowest BCUT2D eigenvalue weighted by Crippen LogP contribution is -2.22. The van der Waals surface area contributed by atoms with Crippen LogP contribution in [0.5, 0.6) is 0 Å². The summed E-state index contributed by atoms with van der Waals surface area (Å²) in [4.78, 5) is 6.88. The Morgan fingerprint density at radius 1 is 1.53 bits per heavy atom. The molecule has 0 bridgehead atoms. The van der Waals surface area contributed by atoms with E-state index in [-0.39, 0.29) is 0 Å². The van der Waals surface area contributed by atoms with Crippen molar-refractivity contribution in [2.45, 2.75) is 13.3 Å². The normalized spacial score (nSPS) is 20.2. The van der Waals surface area contributed by atoms with Gasteiger partial charge in [0.2, 0.25) is 0 Å². The van der Waals surface area contributed by atoms with Gasteiger partial charge in [-0.15, -0.1) is 0 Å². The lowest BCUT2D eigenvalue weighted by molar-refractivity contribution is 0.344. The number of hydrogen-bond donors (Lipinski definition) is 2. The Morgan fingerprint density at radius 2 is 2.42 bits per heavy atom. The summed E-state index contributed by atoms with van der Waals surface area (Å²) in [5.74, 6) is 0.681. The van der Waals surface area contributed by atoms with Crippen LogP contribution in [0.25, 0.3) is 11.1 Å². The molecule has 2 aromatic rings. The lowest BCUT2D eigenvalue weighted by Gasteiger charge is -2.12. The quantitative estimate of drug-likeness (QED) is 0.825. The average molecular weight is 260 g/mol. The smallest absolute Gasteiger partial charge is 0.295 e. The molecular weight excluding hydrogens is 240 g/mol. The number of nitrogen functional groups attached to an aromatic ring is 1. The minimum absolute atomic E-state index is 0.593. The van der Waals surface area contributed by atoms with Crippen molar-refractivity contribution in [3.8, 4) is 0 Å². The number of oxazole rings is 1. The molecule has 0 radical (unpaired) electrons. The Kier molecular flexibility index (Phi) is 3.29. The lowest BCUT2D eigenvalue weighted by atomic mass is 10.1. The molecule has 1 aliphatic heterocycles. The number of hydrogen-bond acceptors (Lipinski definition) is 5. The summed E-state index contributed by atoms with van der Waals surface area (Å²) in [6, 6.07) is 6.12. The highest BCUT2D eigenvalue weighted by atomic mass is 16.4. The number of nitrogens with one attached hydrogen (secondary N) is 1. The SMILES string of the molecule is CCN1CCC(CNc2nc3ccc(N)cc3o2)C1. The Hall–Kier alpha value is -1.75. The minimum Gasteiger partial charge on any atom is -0.423 e. The van der Waals surface area contributed by atoms with Gasteiger partial charge in [-0.1, -0.05) is 6.92 Å². The summed E-state index contributed by atoms with van der Waals surface area (Å²) in [5, 5.41) is 3.29. The topological polar surface area (TPSA) is 67.3 Å². The summed E-state index contributed by atoms with van der Waals surface area (Å²) in [5.41, 5.74) is 8.01. The molecule has 0 spiro atoms. The molecule has 0 aliphatic carbocycles. The van der Waals surface area contributed by atoms with Crippen LogP contribution in [0.1, 0.15) is 13.3 Å². The molecule has 1 aromatic carbocycles. The van der Waals surface area contributed by atoms with E-state index in [9.17, 15) is 0 Å².